The standard InChI is InChI=1S/C17H28N4O3/c1-18-13(9-16(22)19(2)17(18)23)11-21-12-15(24-3)8-14(21)10-20-6-4-5-7-20/h9,14-15H,4-8,10-12H2,1-3H3/t14-,15-/m0/s1. The minimum absolute atomic E-state index is 0.223. The summed E-state index contributed by atoms with van der Waals surface area (Å²) >= 11 is 0. The molecule has 2 atom stereocenters. The van der Waals surface area contributed by atoms with Crippen molar-refractivity contribution < 1.29 is 4.74 Å². The molecule has 2 aliphatic rings. The van der Waals surface area contributed by atoms with Gasteiger partial charge in [0.05, 0.1) is 6.10 Å². The lowest BCUT2D eigenvalue weighted by molar-refractivity contribution is 0.107. The number of aromatic nitrogens is 2. The Labute approximate surface area is 142 Å². The second-order valence-corrected chi connectivity index (χ2v) is 7.06. The Bertz CT molecular complexity index is 690. The topological polar surface area (TPSA) is 59.7 Å². The first-order valence-corrected chi connectivity index (χ1v) is 8.74. The quantitative estimate of drug-likeness (QED) is 0.743. The van der Waals surface area contributed by atoms with E-state index in [2.05, 4.69) is 9.80 Å². The van der Waals surface area contributed by atoms with Crippen molar-refractivity contribution >= 4 is 0 Å². The van der Waals surface area contributed by atoms with E-state index in [1.54, 1.807) is 24.8 Å². The molecule has 2 saturated heterocycles. The first-order chi connectivity index (χ1) is 11.5. The highest BCUT2D eigenvalue weighted by Gasteiger charge is 2.34. The molecule has 0 saturated carbocycles. The summed E-state index contributed by atoms with van der Waals surface area (Å²) in [6, 6.07) is 1.99. The predicted molar refractivity (Wildman–Crippen MR) is 92.2 cm³/mol. The zero-order chi connectivity index (χ0) is 17.3. The van der Waals surface area contributed by atoms with Gasteiger partial charge in [0, 0.05) is 58.6 Å². The minimum Gasteiger partial charge on any atom is -0.380 e. The van der Waals surface area contributed by atoms with Crippen molar-refractivity contribution in [2.24, 2.45) is 14.1 Å². The van der Waals surface area contributed by atoms with Gasteiger partial charge in [-0.3, -0.25) is 18.8 Å². The van der Waals surface area contributed by atoms with Gasteiger partial charge in [-0.25, -0.2) is 4.79 Å². The molecule has 134 valence electrons. The average Bonchev–Trinajstić information content (AvgIpc) is 3.21. The highest BCUT2D eigenvalue weighted by atomic mass is 16.5. The summed E-state index contributed by atoms with van der Waals surface area (Å²) in [4.78, 5) is 29.0. The highest BCUT2D eigenvalue weighted by Crippen LogP contribution is 2.24. The van der Waals surface area contributed by atoms with Crippen LogP contribution in [0.4, 0.5) is 0 Å². The summed E-state index contributed by atoms with van der Waals surface area (Å²) in [5.74, 6) is 0. The molecule has 3 rings (SSSR count). The fraction of sp³-hybridized carbons (Fsp3) is 0.765. The van der Waals surface area contributed by atoms with Crippen LogP contribution in [0.25, 0.3) is 0 Å². The van der Waals surface area contributed by atoms with Crippen LogP contribution in [0.15, 0.2) is 15.7 Å². The first-order valence-electron chi connectivity index (χ1n) is 8.74. The third-order valence-corrected chi connectivity index (χ3v) is 5.48. The molecular weight excluding hydrogens is 308 g/mol. The molecule has 0 bridgehead atoms. The van der Waals surface area contributed by atoms with Gasteiger partial charge in [0.15, 0.2) is 0 Å². The van der Waals surface area contributed by atoms with E-state index in [0.29, 0.717) is 12.6 Å². The number of hydrogen-bond acceptors (Lipinski definition) is 5. The Morgan fingerprint density at radius 2 is 1.88 bits per heavy atom. The Morgan fingerprint density at radius 3 is 2.54 bits per heavy atom. The number of ether oxygens (including phenoxy) is 1. The molecule has 7 nitrogen and oxygen atoms in total. The molecule has 0 aliphatic carbocycles. The van der Waals surface area contributed by atoms with Crippen molar-refractivity contribution in [1.82, 2.24) is 18.9 Å². The van der Waals surface area contributed by atoms with Gasteiger partial charge in [-0.1, -0.05) is 0 Å². The van der Waals surface area contributed by atoms with E-state index in [4.69, 9.17) is 4.74 Å². The largest absolute Gasteiger partial charge is 0.380 e. The van der Waals surface area contributed by atoms with E-state index in [-0.39, 0.29) is 17.4 Å². The summed E-state index contributed by atoms with van der Waals surface area (Å²) in [5.41, 5.74) is 0.258. The van der Waals surface area contributed by atoms with Crippen LogP contribution in [0, 0.1) is 0 Å². The molecule has 0 spiro atoms. The number of hydrogen-bond donors (Lipinski definition) is 0. The zero-order valence-corrected chi connectivity index (χ0v) is 14.9. The lowest BCUT2D eigenvalue weighted by atomic mass is 10.2. The third kappa shape index (κ3) is 3.48. The molecule has 0 amide bonds. The molecule has 7 heteroatoms. The number of nitrogens with zero attached hydrogens (tertiary/aromatic N) is 4. The van der Waals surface area contributed by atoms with E-state index in [9.17, 15) is 9.59 Å². The smallest absolute Gasteiger partial charge is 0.330 e. The van der Waals surface area contributed by atoms with Crippen molar-refractivity contribution in [3.63, 3.8) is 0 Å². The zero-order valence-electron chi connectivity index (χ0n) is 14.9. The third-order valence-electron chi connectivity index (χ3n) is 5.48. The molecule has 24 heavy (non-hydrogen) atoms. The summed E-state index contributed by atoms with van der Waals surface area (Å²) in [6.07, 6.45) is 3.79. The Balaban J connectivity index is 1.78. The van der Waals surface area contributed by atoms with E-state index in [1.165, 1.54) is 33.0 Å². The number of methoxy groups -OCH3 is 1. The van der Waals surface area contributed by atoms with Gasteiger partial charge < -0.3 is 9.64 Å². The highest BCUT2D eigenvalue weighted by molar-refractivity contribution is 5.04. The van der Waals surface area contributed by atoms with Crippen molar-refractivity contribution in [3.8, 4) is 0 Å². The summed E-state index contributed by atoms with van der Waals surface area (Å²) in [5, 5.41) is 0. The second kappa shape index (κ2) is 7.21. The maximum Gasteiger partial charge on any atom is 0.330 e. The maximum absolute atomic E-state index is 12.1. The van der Waals surface area contributed by atoms with Gasteiger partial charge >= 0.3 is 5.69 Å². The van der Waals surface area contributed by atoms with Crippen LogP contribution < -0.4 is 11.2 Å². The molecule has 0 unspecified atom stereocenters. The number of likely N-dealkylation sites (tertiary alicyclic amines) is 2. The van der Waals surface area contributed by atoms with E-state index >= 15 is 0 Å². The monoisotopic (exact) mass is 336 g/mol. The molecule has 0 radical (unpaired) electrons. The van der Waals surface area contributed by atoms with Gasteiger partial charge in [-0.05, 0) is 32.4 Å². The fourth-order valence-electron chi connectivity index (χ4n) is 3.89. The van der Waals surface area contributed by atoms with Crippen LogP contribution in [0.1, 0.15) is 25.0 Å². The molecule has 0 aromatic carbocycles. The predicted octanol–water partition coefficient (Wildman–Crippen LogP) is -0.231. The molecule has 2 fully saturated rings. The van der Waals surface area contributed by atoms with Crippen LogP contribution in [0.2, 0.25) is 0 Å². The first kappa shape index (κ1) is 17.4. The van der Waals surface area contributed by atoms with Crippen LogP contribution >= 0.6 is 0 Å². The SMILES string of the molecule is CO[C@H]1C[C@@H](CN2CCCC2)N(Cc2cc(=O)n(C)c(=O)n2C)C1. The van der Waals surface area contributed by atoms with Crippen LogP contribution in [0.5, 0.6) is 0 Å². The van der Waals surface area contributed by atoms with Crippen molar-refractivity contribution in [2.75, 3.05) is 33.3 Å². The molecule has 3 heterocycles. The Hall–Kier alpha value is -1.44. The summed E-state index contributed by atoms with van der Waals surface area (Å²) in [6.45, 7) is 4.84. The van der Waals surface area contributed by atoms with Crippen LogP contribution in [0.3, 0.4) is 0 Å². The number of rotatable bonds is 5. The van der Waals surface area contributed by atoms with E-state index in [1.807, 2.05) is 0 Å². The maximum atomic E-state index is 12.1. The van der Waals surface area contributed by atoms with Crippen LogP contribution in [-0.4, -0.2) is 64.4 Å². The minimum atomic E-state index is -0.268. The second-order valence-electron chi connectivity index (χ2n) is 7.06. The summed E-state index contributed by atoms with van der Waals surface area (Å²) in [7, 11) is 5.01. The molecule has 1 aromatic heterocycles. The Morgan fingerprint density at radius 1 is 1.17 bits per heavy atom. The van der Waals surface area contributed by atoms with Crippen molar-refractivity contribution in [1.29, 1.82) is 0 Å². The lowest BCUT2D eigenvalue weighted by Gasteiger charge is -2.28. The van der Waals surface area contributed by atoms with Gasteiger partial charge in [0.1, 0.15) is 0 Å². The molecule has 1 aromatic rings. The molecular formula is C17H28N4O3. The van der Waals surface area contributed by atoms with Crippen molar-refractivity contribution in [3.05, 3.63) is 32.6 Å². The molecule has 2 aliphatic heterocycles. The lowest BCUT2D eigenvalue weighted by Crippen LogP contribution is -2.42. The van der Waals surface area contributed by atoms with E-state index in [0.717, 1.165) is 29.8 Å². The van der Waals surface area contributed by atoms with E-state index < -0.39 is 0 Å². The van der Waals surface area contributed by atoms with Gasteiger partial charge in [-0.15, -0.1) is 0 Å². The molecule has 0 N–H and O–H groups in total. The fourth-order valence-corrected chi connectivity index (χ4v) is 3.89. The van der Waals surface area contributed by atoms with Gasteiger partial charge in [-0.2, -0.15) is 0 Å². The van der Waals surface area contributed by atoms with Gasteiger partial charge in [0.2, 0.25) is 0 Å². The van der Waals surface area contributed by atoms with Crippen molar-refractivity contribution in [2.45, 2.75) is 38.0 Å². The summed E-state index contributed by atoms with van der Waals surface area (Å²) < 4.78 is 8.30. The van der Waals surface area contributed by atoms with Gasteiger partial charge in [0.25, 0.3) is 5.56 Å². The average molecular weight is 336 g/mol. The Kier molecular flexibility index (Phi) is 5.22. The normalized spacial score (nSPS) is 25.6. The van der Waals surface area contributed by atoms with Crippen LogP contribution in [-0.2, 0) is 25.4 Å².